The van der Waals surface area contributed by atoms with Crippen LogP contribution in [-0.4, -0.2) is 34.0 Å². The van der Waals surface area contributed by atoms with Crippen molar-refractivity contribution in [2.45, 2.75) is 35.7 Å². The van der Waals surface area contributed by atoms with E-state index in [-0.39, 0.29) is 16.5 Å². The molecule has 0 radical (unpaired) electrons. The first kappa shape index (κ1) is 27.0. The van der Waals surface area contributed by atoms with Gasteiger partial charge < -0.3 is 5.32 Å². The zero-order chi connectivity index (χ0) is 27.3. The lowest BCUT2D eigenvalue weighted by molar-refractivity contribution is -0.384. The minimum Gasteiger partial charge on any atom is -0.326 e. The Morgan fingerprint density at radius 3 is 2.29 bits per heavy atom. The van der Waals surface area contributed by atoms with Gasteiger partial charge in [0.15, 0.2) is 11.0 Å². The fourth-order valence-electron chi connectivity index (χ4n) is 3.62. The lowest BCUT2D eigenvalue weighted by Gasteiger charge is -2.17. The second-order valence-electron chi connectivity index (χ2n) is 8.27. The molecule has 2 N–H and O–H groups in total. The molecule has 0 saturated heterocycles. The van der Waals surface area contributed by atoms with Gasteiger partial charge in [0.05, 0.1) is 15.9 Å². The molecule has 4 aromatic rings. The maximum absolute atomic E-state index is 13.1. The van der Waals surface area contributed by atoms with Crippen LogP contribution in [0.25, 0.3) is 5.69 Å². The number of anilines is 1. The smallest absolute Gasteiger partial charge is 0.269 e. The summed E-state index contributed by atoms with van der Waals surface area (Å²) in [6, 6.07) is 20.6. The average Bonchev–Trinajstić information content (AvgIpc) is 3.32. The van der Waals surface area contributed by atoms with Gasteiger partial charge in [-0.3, -0.25) is 19.5 Å². The van der Waals surface area contributed by atoms with E-state index in [1.165, 1.54) is 55.1 Å². The predicted octanol–water partition coefficient (Wildman–Crippen LogP) is 4.47. The molecule has 4 rings (SSSR count). The van der Waals surface area contributed by atoms with E-state index >= 15 is 0 Å². The van der Waals surface area contributed by atoms with Crippen molar-refractivity contribution in [1.82, 2.24) is 19.5 Å². The molecule has 1 atom stereocenters. The van der Waals surface area contributed by atoms with E-state index in [1.54, 1.807) is 23.6 Å². The van der Waals surface area contributed by atoms with Crippen LogP contribution in [0.3, 0.4) is 0 Å². The highest BCUT2D eigenvalue weighted by Gasteiger charge is 2.25. The van der Waals surface area contributed by atoms with E-state index in [0.29, 0.717) is 28.1 Å². The summed E-state index contributed by atoms with van der Waals surface area (Å²) in [7, 11) is -3.96. The molecule has 1 aromatic heterocycles. The quantitative estimate of drug-likeness (QED) is 0.166. The van der Waals surface area contributed by atoms with Gasteiger partial charge in [0.1, 0.15) is 0 Å². The van der Waals surface area contributed by atoms with Crippen LogP contribution in [0.5, 0.6) is 0 Å². The zero-order valence-corrected chi connectivity index (χ0v) is 22.1. The number of nitro benzene ring substituents is 1. The van der Waals surface area contributed by atoms with Gasteiger partial charge in [-0.1, -0.05) is 42.1 Å². The molecule has 0 aliphatic heterocycles. The summed E-state index contributed by atoms with van der Waals surface area (Å²) in [6.07, 6.45) is 0. The molecule has 0 aliphatic carbocycles. The molecule has 1 heterocycles. The van der Waals surface area contributed by atoms with Gasteiger partial charge in [0, 0.05) is 36.2 Å². The van der Waals surface area contributed by atoms with E-state index < -0.39 is 21.0 Å². The first-order chi connectivity index (χ1) is 18.1. The van der Waals surface area contributed by atoms with Crippen molar-refractivity contribution in [3.63, 3.8) is 0 Å². The second kappa shape index (κ2) is 11.5. The highest BCUT2D eigenvalue weighted by atomic mass is 32.2. The van der Waals surface area contributed by atoms with Crippen molar-refractivity contribution in [2.75, 3.05) is 5.32 Å². The summed E-state index contributed by atoms with van der Waals surface area (Å²) in [5, 5.41) is 22.8. The van der Waals surface area contributed by atoms with Gasteiger partial charge in [0.2, 0.25) is 15.9 Å². The lowest BCUT2D eigenvalue weighted by Crippen LogP contribution is -2.28. The average molecular weight is 553 g/mol. The number of non-ortho nitro benzene ring substituents is 1. The Morgan fingerprint density at radius 1 is 1.03 bits per heavy atom. The van der Waals surface area contributed by atoms with Crippen LogP contribution in [0, 0.1) is 10.1 Å². The van der Waals surface area contributed by atoms with Gasteiger partial charge in [-0.25, -0.2) is 13.1 Å². The number of carbonyl (C=O) groups excluding carboxylic acids is 1. The second-order valence-corrected chi connectivity index (χ2v) is 10.9. The highest BCUT2D eigenvalue weighted by molar-refractivity contribution is 7.98. The monoisotopic (exact) mass is 552 g/mol. The van der Waals surface area contributed by atoms with Gasteiger partial charge in [-0.15, -0.1) is 10.2 Å². The fourth-order valence-corrected chi connectivity index (χ4v) is 5.73. The Kier molecular flexibility index (Phi) is 8.20. The maximum atomic E-state index is 13.1. The summed E-state index contributed by atoms with van der Waals surface area (Å²) in [4.78, 5) is 21.9. The maximum Gasteiger partial charge on any atom is 0.269 e. The van der Waals surface area contributed by atoms with E-state index in [9.17, 15) is 23.3 Å². The standard InChI is InChI=1S/C25H24N6O5S2/c1-17(29-38(35,36)23-14-8-20(9-15-23)26-18(2)32)24-27-28-25(37-16-19-6-4-3-5-7-19)30(24)21-10-12-22(13-11-21)31(33)34/h3-15,17,29H,16H2,1-2H3,(H,26,32). The molecule has 1 unspecified atom stereocenters. The number of carbonyl (C=O) groups is 1. The van der Waals surface area contributed by atoms with E-state index in [1.807, 2.05) is 30.3 Å². The molecule has 0 bridgehead atoms. The molecule has 0 saturated carbocycles. The Hall–Kier alpha value is -4.07. The molecule has 196 valence electrons. The van der Waals surface area contributed by atoms with Gasteiger partial charge in [-0.2, -0.15) is 0 Å². The first-order valence-electron chi connectivity index (χ1n) is 11.4. The molecule has 11 nitrogen and oxygen atoms in total. The molecule has 0 fully saturated rings. The van der Waals surface area contributed by atoms with Crippen molar-refractivity contribution in [3.05, 3.63) is 100 Å². The molecular formula is C25H24N6O5S2. The molecule has 1 amide bonds. The number of hydrogen-bond acceptors (Lipinski definition) is 8. The number of rotatable bonds is 10. The normalized spacial score (nSPS) is 12.2. The van der Waals surface area contributed by atoms with Gasteiger partial charge >= 0.3 is 0 Å². The van der Waals surface area contributed by atoms with Crippen LogP contribution in [0.2, 0.25) is 0 Å². The largest absolute Gasteiger partial charge is 0.326 e. The number of aromatic nitrogens is 3. The summed E-state index contributed by atoms with van der Waals surface area (Å²) in [5.41, 5.74) is 2.02. The van der Waals surface area contributed by atoms with E-state index in [2.05, 4.69) is 20.2 Å². The van der Waals surface area contributed by atoms with Crippen molar-refractivity contribution < 1.29 is 18.1 Å². The highest BCUT2D eigenvalue weighted by Crippen LogP contribution is 2.29. The Balaban J connectivity index is 1.63. The number of nitrogens with zero attached hydrogens (tertiary/aromatic N) is 4. The Morgan fingerprint density at radius 2 is 1.68 bits per heavy atom. The molecule has 0 aliphatic rings. The number of nitrogens with one attached hydrogen (secondary N) is 2. The van der Waals surface area contributed by atoms with Crippen LogP contribution in [0.4, 0.5) is 11.4 Å². The van der Waals surface area contributed by atoms with Crippen molar-refractivity contribution in [3.8, 4) is 5.69 Å². The third-order valence-corrected chi connectivity index (χ3v) is 7.95. The zero-order valence-electron chi connectivity index (χ0n) is 20.4. The van der Waals surface area contributed by atoms with Gasteiger partial charge in [0.25, 0.3) is 5.69 Å². The number of amides is 1. The summed E-state index contributed by atoms with van der Waals surface area (Å²) in [6.45, 7) is 3.00. The van der Waals surface area contributed by atoms with Crippen LogP contribution in [0.1, 0.15) is 31.3 Å². The summed E-state index contributed by atoms with van der Waals surface area (Å²) < 4.78 is 30.5. The molecule has 0 spiro atoms. The van der Waals surface area contributed by atoms with Crippen molar-refractivity contribution in [1.29, 1.82) is 0 Å². The first-order valence-corrected chi connectivity index (χ1v) is 13.9. The fraction of sp³-hybridized carbons (Fsp3) is 0.160. The summed E-state index contributed by atoms with van der Waals surface area (Å²) in [5.74, 6) is 0.638. The molecule has 38 heavy (non-hydrogen) atoms. The van der Waals surface area contributed by atoms with Crippen molar-refractivity contribution in [2.24, 2.45) is 0 Å². The minimum absolute atomic E-state index is 0.0125. The minimum atomic E-state index is -3.96. The van der Waals surface area contributed by atoms with Crippen LogP contribution < -0.4 is 10.0 Å². The number of nitro groups is 1. The number of sulfonamides is 1. The number of thioether (sulfide) groups is 1. The third kappa shape index (κ3) is 6.43. The topological polar surface area (TPSA) is 149 Å². The Bertz CT molecular complexity index is 1540. The Labute approximate surface area is 223 Å². The SMILES string of the molecule is CC(=O)Nc1ccc(S(=O)(=O)NC(C)c2nnc(SCc3ccccc3)n2-c2ccc([N+](=O)[O-])cc2)cc1. The molecule has 13 heteroatoms. The number of hydrogen-bond donors (Lipinski definition) is 2. The van der Waals surface area contributed by atoms with Crippen LogP contribution in [-0.2, 0) is 20.6 Å². The van der Waals surface area contributed by atoms with E-state index in [4.69, 9.17) is 0 Å². The van der Waals surface area contributed by atoms with Crippen LogP contribution >= 0.6 is 11.8 Å². The van der Waals surface area contributed by atoms with E-state index in [0.717, 1.165) is 5.56 Å². The molecular weight excluding hydrogens is 528 g/mol. The lowest BCUT2D eigenvalue weighted by atomic mass is 10.2. The van der Waals surface area contributed by atoms with Gasteiger partial charge in [-0.05, 0) is 48.9 Å². The van der Waals surface area contributed by atoms with Crippen molar-refractivity contribution >= 4 is 39.1 Å². The van der Waals surface area contributed by atoms with Crippen LogP contribution in [0.15, 0.2) is 88.9 Å². The molecule has 3 aromatic carbocycles. The predicted molar refractivity (Wildman–Crippen MR) is 143 cm³/mol. The summed E-state index contributed by atoms with van der Waals surface area (Å²) >= 11 is 1.41. The number of benzene rings is 3. The third-order valence-electron chi connectivity index (χ3n) is 5.39.